The van der Waals surface area contributed by atoms with E-state index in [0.717, 1.165) is 29.2 Å². The van der Waals surface area contributed by atoms with Crippen molar-refractivity contribution in [2.45, 2.75) is 26.1 Å². The molecule has 2 heterocycles. The average Bonchev–Trinajstić information content (AvgIpc) is 2.80. The SMILES string of the molecule is CC1CN(c2snc(N)c2-c2ccccc2)CC(C)O1. The van der Waals surface area contributed by atoms with E-state index >= 15 is 0 Å². The number of morpholine rings is 1. The van der Waals surface area contributed by atoms with E-state index in [4.69, 9.17) is 10.5 Å². The highest BCUT2D eigenvalue weighted by Crippen LogP contribution is 2.40. The minimum Gasteiger partial charge on any atom is -0.382 e. The van der Waals surface area contributed by atoms with Crippen LogP contribution in [0, 0.1) is 0 Å². The Morgan fingerprint density at radius 1 is 1.20 bits per heavy atom. The summed E-state index contributed by atoms with van der Waals surface area (Å²) in [5, 5.41) is 1.15. The highest BCUT2D eigenvalue weighted by atomic mass is 32.1. The van der Waals surface area contributed by atoms with Gasteiger partial charge < -0.3 is 15.4 Å². The molecule has 106 valence electrons. The molecule has 1 aliphatic rings. The number of aromatic nitrogens is 1. The predicted molar refractivity (Wildman–Crippen MR) is 84.2 cm³/mol. The maximum absolute atomic E-state index is 6.09. The summed E-state index contributed by atoms with van der Waals surface area (Å²) in [6.07, 6.45) is 0.455. The molecular weight excluding hydrogens is 270 g/mol. The fourth-order valence-electron chi connectivity index (χ4n) is 2.73. The molecule has 3 rings (SSSR count). The molecule has 2 aromatic rings. The number of nitrogens with two attached hydrogens (primary N) is 1. The van der Waals surface area contributed by atoms with Crippen molar-refractivity contribution >= 4 is 22.4 Å². The van der Waals surface area contributed by atoms with Crippen LogP contribution in [0.15, 0.2) is 30.3 Å². The maximum atomic E-state index is 6.09. The highest BCUT2D eigenvalue weighted by Gasteiger charge is 2.27. The zero-order chi connectivity index (χ0) is 14.1. The molecule has 0 bridgehead atoms. The molecule has 0 amide bonds. The van der Waals surface area contributed by atoms with Crippen molar-refractivity contribution in [1.82, 2.24) is 4.37 Å². The van der Waals surface area contributed by atoms with Crippen LogP contribution in [0.1, 0.15) is 13.8 Å². The van der Waals surface area contributed by atoms with Gasteiger partial charge in [0.15, 0.2) is 0 Å². The Labute approximate surface area is 123 Å². The maximum Gasteiger partial charge on any atom is 0.147 e. The number of ether oxygens (including phenoxy) is 1. The van der Waals surface area contributed by atoms with Gasteiger partial charge in [-0.25, -0.2) is 0 Å². The lowest BCUT2D eigenvalue weighted by Gasteiger charge is -2.36. The first-order valence-electron chi connectivity index (χ1n) is 6.86. The second kappa shape index (κ2) is 5.42. The number of anilines is 2. The van der Waals surface area contributed by atoms with E-state index in [1.54, 1.807) is 0 Å². The molecule has 1 fully saturated rings. The van der Waals surface area contributed by atoms with E-state index in [1.807, 2.05) is 18.2 Å². The van der Waals surface area contributed by atoms with Gasteiger partial charge in [0.25, 0.3) is 0 Å². The van der Waals surface area contributed by atoms with Crippen LogP contribution in [0.4, 0.5) is 10.8 Å². The van der Waals surface area contributed by atoms with Crippen LogP contribution >= 0.6 is 11.5 Å². The van der Waals surface area contributed by atoms with Gasteiger partial charge in [-0.2, -0.15) is 4.37 Å². The van der Waals surface area contributed by atoms with E-state index in [2.05, 4.69) is 35.3 Å². The van der Waals surface area contributed by atoms with Crippen molar-refractivity contribution in [3.05, 3.63) is 30.3 Å². The Morgan fingerprint density at radius 3 is 2.50 bits per heavy atom. The van der Waals surface area contributed by atoms with Gasteiger partial charge in [-0.05, 0) is 30.9 Å². The zero-order valence-electron chi connectivity index (χ0n) is 11.7. The standard InChI is InChI=1S/C15H19N3OS/c1-10-8-18(9-11(2)19-10)15-13(14(16)17-20-15)12-6-4-3-5-7-12/h3-7,10-11H,8-9H2,1-2H3,(H2,16,17). The quantitative estimate of drug-likeness (QED) is 0.923. The first-order valence-corrected chi connectivity index (χ1v) is 7.63. The van der Waals surface area contributed by atoms with Crippen molar-refractivity contribution in [3.63, 3.8) is 0 Å². The smallest absolute Gasteiger partial charge is 0.147 e. The van der Waals surface area contributed by atoms with Gasteiger partial charge in [-0.3, -0.25) is 0 Å². The first-order chi connectivity index (χ1) is 9.65. The summed E-state index contributed by atoms with van der Waals surface area (Å²) in [6, 6.07) is 10.2. The van der Waals surface area contributed by atoms with Gasteiger partial charge in [0.1, 0.15) is 10.8 Å². The lowest BCUT2D eigenvalue weighted by atomic mass is 10.1. The number of nitrogens with zero attached hydrogens (tertiary/aromatic N) is 2. The third-order valence-corrected chi connectivity index (χ3v) is 4.39. The molecule has 4 nitrogen and oxygen atoms in total. The summed E-state index contributed by atoms with van der Waals surface area (Å²) in [4.78, 5) is 2.34. The zero-order valence-corrected chi connectivity index (χ0v) is 12.6. The summed E-state index contributed by atoms with van der Waals surface area (Å²) in [5.74, 6) is 0.614. The fourth-order valence-corrected chi connectivity index (χ4v) is 3.58. The van der Waals surface area contributed by atoms with Gasteiger partial charge >= 0.3 is 0 Å². The normalized spacial score (nSPS) is 23.0. The molecule has 1 aromatic carbocycles. The Bertz CT molecular complexity index is 574. The van der Waals surface area contributed by atoms with E-state index in [-0.39, 0.29) is 12.2 Å². The van der Waals surface area contributed by atoms with Crippen LogP contribution in [0.25, 0.3) is 11.1 Å². The molecule has 2 unspecified atom stereocenters. The fraction of sp³-hybridized carbons (Fsp3) is 0.400. The van der Waals surface area contributed by atoms with Crippen molar-refractivity contribution in [1.29, 1.82) is 0 Å². The minimum absolute atomic E-state index is 0.227. The van der Waals surface area contributed by atoms with Crippen LogP contribution in [-0.2, 0) is 4.74 Å². The van der Waals surface area contributed by atoms with E-state index < -0.39 is 0 Å². The van der Waals surface area contributed by atoms with Gasteiger partial charge in [0.2, 0.25) is 0 Å². The number of hydrogen-bond donors (Lipinski definition) is 1. The van der Waals surface area contributed by atoms with Gasteiger partial charge in [0.05, 0.1) is 17.8 Å². The topological polar surface area (TPSA) is 51.4 Å². The van der Waals surface area contributed by atoms with E-state index in [1.165, 1.54) is 11.5 Å². The molecule has 2 N–H and O–H groups in total. The first kappa shape index (κ1) is 13.4. The number of hydrogen-bond acceptors (Lipinski definition) is 5. The van der Waals surface area contributed by atoms with Gasteiger partial charge in [-0.1, -0.05) is 30.3 Å². The summed E-state index contributed by atoms with van der Waals surface area (Å²) < 4.78 is 10.2. The third kappa shape index (κ3) is 2.51. The Morgan fingerprint density at radius 2 is 1.85 bits per heavy atom. The second-order valence-corrected chi connectivity index (χ2v) is 6.03. The molecule has 2 atom stereocenters. The number of rotatable bonds is 2. The molecule has 1 saturated heterocycles. The summed E-state index contributed by atoms with van der Waals surface area (Å²) >= 11 is 1.48. The Kier molecular flexibility index (Phi) is 3.63. The highest BCUT2D eigenvalue weighted by molar-refractivity contribution is 7.11. The molecule has 0 aliphatic carbocycles. The molecule has 0 saturated carbocycles. The number of benzene rings is 1. The van der Waals surface area contributed by atoms with Gasteiger partial charge in [0, 0.05) is 13.1 Å². The molecule has 0 radical (unpaired) electrons. The molecule has 1 aliphatic heterocycles. The average molecular weight is 289 g/mol. The Hall–Kier alpha value is -1.59. The van der Waals surface area contributed by atoms with Crippen molar-refractivity contribution < 1.29 is 4.74 Å². The van der Waals surface area contributed by atoms with Crippen LogP contribution < -0.4 is 10.6 Å². The van der Waals surface area contributed by atoms with Crippen molar-refractivity contribution in [2.24, 2.45) is 0 Å². The van der Waals surface area contributed by atoms with Crippen molar-refractivity contribution in [2.75, 3.05) is 23.7 Å². The van der Waals surface area contributed by atoms with Crippen LogP contribution in [0.3, 0.4) is 0 Å². The van der Waals surface area contributed by atoms with Crippen LogP contribution in [0.2, 0.25) is 0 Å². The Balaban J connectivity index is 1.99. The van der Waals surface area contributed by atoms with Crippen LogP contribution in [0.5, 0.6) is 0 Å². The molecule has 0 spiro atoms. The third-order valence-electron chi connectivity index (χ3n) is 3.47. The summed E-state index contributed by atoms with van der Waals surface area (Å²) in [6.45, 7) is 5.97. The van der Waals surface area contributed by atoms with Gasteiger partial charge in [-0.15, -0.1) is 0 Å². The second-order valence-electron chi connectivity index (χ2n) is 5.28. The molecule has 1 aromatic heterocycles. The van der Waals surface area contributed by atoms with Crippen LogP contribution in [-0.4, -0.2) is 29.7 Å². The van der Waals surface area contributed by atoms with Crippen molar-refractivity contribution in [3.8, 4) is 11.1 Å². The lowest BCUT2D eigenvalue weighted by Crippen LogP contribution is -2.45. The van der Waals surface area contributed by atoms with E-state index in [9.17, 15) is 0 Å². The minimum atomic E-state index is 0.227. The summed E-state index contributed by atoms with van der Waals surface area (Å²) in [7, 11) is 0. The number of nitrogen functional groups attached to an aromatic ring is 1. The monoisotopic (exact) mass is 289 g/mol. The lowest BCUT2D eigenvalue weighted by molar-refractivity contribution is -0.00497. The molecular formula is C15H19N3OS. The van der Waals surface area contributed by atoms with E-state index in [0.29, 0.717) is 5.82 Å². The predicted octanol–water partition coefficient (Wildman–Crippen LogP) is 3.01. The summed E-state index contributed by atoms with van der Waals surface area (Å²) in [5.41, 5.74) is 8.27. The molecule has 5 heteroatoms. The largest absolute Gasteiger partial charge is 0.382 e. The molecule has 20 heavy (non-hydrogen) atoms.